The molecule has 3 heteroatoms. The number of β-amino-alcohol motifs (C(OH)–C–C–N with tert-alkyl or cyclic N) is 1. The van der Waals surface area contributed by atoms with Gasteiger partial charge in [0.1, 0.15) is 5.75 Å². The van der Waals surface area contributed by atoms with Gasteiger partial charge in [-0.05, 0) is 43.4 Å². The molecule has 1 aromatic carbocycles. The zero-order valence-corrected chi connectivity index (χ0v) is 12.2. The molecule has 2 rings (SSSR count). The second kappa shape index (κ2) is 6.40. The molecule has 0 bridgehead atoms. The molecule has 1 saturated heterocycles. The van der Waals surface area contributed by atoms with Crippen molar-refractivity contribution in [1.29, 1.82) is 0 Å². The van der Waals surface area contributed by atoms with E-state index in [1.165, 1.54) is 12.0 Å². The zero-order chi connectivity index (χ0) is 13.8. The molecule has 1 aromatic rings. The van der Waals surface area contributed by atoms with Crippen LogP contribution in [0.25, 0.3) is 0 Å². The Kier molecular flexibility index (Phi) is 4.83. The highest BCUT2D eigenvalue weighted by atomic mass is 16.5. The third-order valence-corrected chi connectivity index (χ3v) is 4.21. The quantitative estimate of drug-likeness (QED) is 0.886. The standard InChI is InChI=1S/C16H25NO2/c1-4-15(18)11-17-10-14(9-12(17)2)13-5-7-16(19-3)8-6-13/h5-8,12,14-15,18H,4,9-11H2,1-3H3. The summed E-state index contributed by atoms with van der Waals surface area (Å²) in [7, 11) is 1.69. The van der Waals surface area contributed by atoms with Gasteiger partial charge in [-0.25, -0.2) is 0 Å². The van der Waals surface area contributed by atoms with Crippen molar-refractivity contribution in [2.24, 2.45) is 0 Å². The molecular weight excluding hydrogens is 238 g/mol. The van der Waals surface area contributed by atoms with Crippen LogP contribution in [-0.4, -0.2) is 42.4 Å². The van der Waals surface area contributed by atoms with Crippen molar-refractivity contribution in [2.75, 3.05) is 20.2 Å². The van der Waals surface area contributed by atoms with Gasteiger partial charge in [-0.1, -0.05) is 19.1 Å². The van der Waals surface area contributed by atoms with Gasteiger partial charge in [-0.2, -0.15) is 0 Å². The zero-order valence-electron chi connectivity index (χ0n) is 12.2. The van der Waals surface area contributed by atoms with E-state index in [0.29, 0.717) is 12.0 Å². The molecule has 1 N–H and O–H groups in total. The molecule has 1 aliphatic heterocycles. The second-order valence-corrected chi connectivity index (χ2v) is 5.57. The van der Waals surface area contributed by atoms with Crippen LogP contribution in [-0.2, 0) is 0 Å². The molecule has 3 atom stereocenters. The fourth-order valence-electron chi connectivity index (χ4n) is 2.87. The minimum Gasteiger partial charge on any atom is -0.497 e. The number of likely N-dealkylation sites (tertiary alicyclic amines) is 1. The van der Waals surface area contributed by atoms with E-state index in [4.69, 9.17) is 4.74 Å². The van der Waals surface area contributed by atoms with Gasteiger partial charge in [0.05, 0.1) is 13.2 Å². The third-order valence-electron chi connectivity index (χ3n) is 4.21. The number of methoxy groups -OCH3 is 1. The number of hydrogen-bond donors (Lipinski definition) is 1. The predicted molar refractivity (Wildman–Crippen MR) is 77.7 cm³/mol. The fraction of sp³-hybridized carbons (Fsp3) is 0.625. The van der Waals surface area contributed by atoms with Crippen LogP contribution in [0.5, 0.6) is 5.75 Å². The molecule has 0 saturated carbocycles. The highest BCUT2D eigenvalue weighted by Gasteiger charge is 2.30. The first-order chi connectivity index (χ1) is 9.13. The maximum Gasteiger partial charge on any atom is 0.118 e. The van der Waals surface area contributed by atoms with E-state index < -0.39 is 0 Å². The van der Waals surface area contributed by atoms with Crippen LogP contribution >= 0.6 is 0 Å². The lowest BCUT2D eigenvalue weighted by molar-refractivity contribution is 0.106. The van der Waals surface area contributed by atoms with Crippen LogP contribution in [0, 0.1) is 0 Å². The highest BCUT2D eigenvalue weighted by Crippen LogP contribution is 2.32. The molecule has 3 nitrogen and oxygen atoms in total. The van der Waals surface area contributed by atoms with Crippen molar-refractivity contribution in [1.82, 2.24) is 4.90 Å². The Morgan fingerprint density at radius 3 is 2.63 bits per heavy atom. The van der Waals surface area contributed by atoms with Crippen LogP contribution in [0.3, 0.4) is 0 Å². The first kappa shape index (κ1) is 14.4. The molecule has 19 heavy (non-hydrogen) atoms. The number of aliphatic hydroxyl groups is 1. The summed E-state index contributed by atoms with van der Waals surface area (Å²) in [5.41, 5.74) is 1.38. The lowest BCUT2D eigenvalue weighted by Crippen LogP contribution is -2.34. The van der Waals surface area contributed by atoms with Crippen molar-refractivity contribution < 1.29 is 9.84 Å². The molecule has 0 amide bonds. The molecule has 1 aliphatic rings. The van der Waals surface area contributed by atoms with E-state index in [-0.39, 0.29) is 6.10 Å². The van der Waals surface area contributed by atoms with Crippen molar-refractivity contribution in [2.45, 2.75) is 44.8 Å². The summed E-state index contributed by atoms with van der Waals surface area (Å²) in [6, 6.07) is 8.94. The van der Waals surface area contributed by atoms with E-state index in [0.717, 1.165) is 25.3 Å². The Labute approximate surface area is 116 Å². The topological polar surface area (TPSA) is 32.7 Å². The summed E-state index contributed by atoms with van der Waals surface area (Å²) in [6.45, 7) is 6.13. The third kappa shape index (κ3) is 3.48. The second-order valence-electron chi connectivity index (χ2n) is 5.57. The summed E-state index contributed by atoms with van der Waals surface area (Å²) < 4.78 is 5.20. The van der Waals surface area contributed by atoms with Crippen molar-refractivity contribution >= 4 is 0 Å². The van der Waals surface area contributed by atoms with Gasteiger partial charge in [0.25, 0.3) is 0 Å². The minimum absolute atomic E-state index is 0.197. The van der Waals surface area contributed by atoms with Crippen molar-refractivity contribution in [3.8, 4) is 5.75 Å². The van der Waals surface area contributed by atoms with Crippen LogP contribution in [0.15, 0.2) is 24.3 Å². The normalized spacial score (nSPS) is 25.5. The molecule has 0 aliphatic carbocycles. The highest BCUT2D eigenvalue weighted by molar-refractivity contribution is 5.30. The predicted octanol–water partition coefficient (Wildman–Crippen LogP) is 2.64. The van der Waals surface area contributed by atoms with Crippen LogP contribution in [0.1, 0.15) is 38.2 Å². The molecular formula is C16H25NO2. The monoisotopic (exact) mass is 263 g/mol. The van der Waals surface area contributed by atoms with Gasteiger partial charge < -0.3 is 9.84 Å². The molecule has 1 fully saturated rings. The van der Waals surface area contributed by atoms with Gasteiger partial charge in [0, 0.05) is 19.1 Å². The number of nitrogens with zero attached hydrogens (tertiary/aromatic N) is 1. The Morgan fingerprint density at radius 1 is 1.37 bits per heavy atom. The summed E-state index contributed by atoms with van der Waals surface area (Å²) >= 11 is 0. The average molecular weight is 263 g/mol. The molecule has 0 radical (unpaired) electrons. The maximum atomic E-state index is 9.80. The number of hydrogen-bond acceptors (Lipinski definition) is 3. The van der Waals surface area contributed by atoms with E-state index >= 15 is 0 Å². The summed E-state index contributed by atoms with van der Waals surface area (Å²) in [5.74, 6) is 1.48. The molecule has 0 aromatic heterocycles. The Hall–Kier alpha value is -1.06. The fourth-order valence-corrected chi connectivity index (χ4v) is 2.87. The number of ether oxygens (including phenoxy) is 1. The molecule has 0 spiro atoms. The van der Waals surface area contributed by atoms with Gasteiger partial charge in [-0.15, -0.1) is 0 Å². The minimum atomic E-state index is -0.197. The van der Waals surface area contributed by atoms with E-state index in [9.17, 15) is 5.11 Å². The average Bonchev–Trinajstić information content (AvgIpc) is 2.80. The van der Waals surface area contributed by atoms with E-state index in [1.54, 1.807) is 7.11 Å². The Bertz CT molecular complexity index is 390. The lowest BCUT2D eigenvalue weighted by Gasteiger charge is -2.23. The first-order valence-corrected chi connectivity index (χ1v) is 7.20. The number of aliphatic hydroxyl groups excluding tert-OH is 1. The van der Waals surface area contributed by atoms with Gasteiger partial charge in [0.15, 0.2) is 0 Å². The molecule has 1 heterocycles. The van der Waals surface area contributed by atoms with Crippen LogP contribution in [0.2, 0.25) is 0 Å². The smallest absolute Gasteiger partial charge is 0.118 e. The van der Waals surface area contributed by atoms with Crippen LogP contribution in [0.4, 0.5) is 0 Å². The number of rotatable bonds is 5. The summed E-state index contributed by atoms with van der Waals surface area (Å²) in [4.78, 5) is 2.41. The van der Waals surface area contributed by atoms with Crippen molar-refractivity contribution in [3.05, 3.63) is 29.8 Å². The van der Waals surface area contributed by atoms with Gasteiger partial charge in [-0.3, -0.25) is 4.90 Å². The summed E-state index contributed by atoms with van der Waals surface area (Å²) in [6.07, 6.45) is 1.80. The van der Waals surface area contributed by atoms with E-state index in [2.05, 4.69) is 24.0 Å². The Morgan fingerprint density at radius 2 is 2.05 bits per heavy atom. The summed E-state index contributed by atoms with van der Waals surface area (Å²) in [5, 5.41) is 9.80. The molecule has 106 valence electrons. The Balaban J connectivity index is 1.99. The van der Waals surface area contributed by atoms with Crippen molar-refractivity contribution in [3.63, 3.8) is 0 Å². The maximum absolute atomic E-state index is 9.80. The van der Waals surface area contributed by atoms with Gasteiger partial charge >= 0.3 is 0 Å². The molecule has 3 unspecified atom stereocenters. The van der Waals surface area contributed by atoms with Crippen LogP contribution < -0.4 is 4.74 Å². The largest absolute Gasteiger partial charge is 0.497 e. The SMILES string of the molecule is CCC(O)CN1CC(c2ccc(OC)cc2)CC1C. The number of benzene rings is 1. The van der Waals surface area contributed by atoms with E-state index in [1.807, 2.05) is 19.1 Å². The lowest BCUT2D eigenvalue weighted by atomic mass is 9.97. The first-order valence-electron chi connectivity index (χ1n) is 7.20. The van der Waals surface area contributed by atoms with Gasteiger partial charge in [0.2, 0.25) is 0 Å².